The normalized spacial score (nSPS) is 29.8. The molecule has 2 saturated carbocycles. The quantitative estimate of drug-likeness (QED) is 0.672. The van der Waals surface area contributed by atoms with Crippen LogP contribution in [0.1, 0.15) is 50.5 Å². The zero-order valence-corrected chi connectivity index (χ0v) is 14.1. The van der Waals surface area contributed by atoms with E-state index in [1.807, 2.05) is 0 Å². The second-order valence-corrected chi connectivity index (χ2v) is 7.83. The molecule has 0 aliphatic heterocycles. The molecule has 20 heavy (non-hydrogen) atoms. The van der Waals surface area contributed by atoms with Gasteiger partial charge in [-0.2, -0.15) is 0 Å². The molecule has 3 unspecified atom stereocenters. The van der Waals surface area contributed by atoms with Gasteiger partial charge in [0.05, 0.1) is 0 Å². The topological polar surface area (TPSA) is 17.1 Å². The summed E-state index contributed by atoms with van der Waals surface area (Å²) < 4.78 is 1.24. The molecule has 0 saturated heterocycles. The number of hydrogen-bond acceptors (Lipinski definition) is 1. The molecule has 0 heterocycles. The Morgan fingerprint density at radius 2 is 1.70 bits per heavy atom. The summed E-state index contributed by atoms with van der Waals surface area (Å²) in [5.74, 6) is 2.61. The molecule has 3 rings (SSSR count). The summed E-state index contributed by atoms with van der Waals surface area (Å²) in [4.78, 5) is 12.5. The highest BCUT2D eigenvalue weighted by Crippen LogP contribution is 2.43. The van der Waals surface area contributed by atoms with Crippen LogP contribution in [-0.2, 0) is 11.2 Å². The number of hydrogen-bond donors (Lipinski definition) is 0. The van der Waals surface area contributed by atoms with E-state index in [2.05, 4.69) is 46.9 Å². The van der Waals surface area contributed by atoms with Crippen LogP contribution in [-0.4, -0.2) is 5.78 Å². The Bertz CT molecular complexity index is 465. The fraction of sp³-hybridized carbons (Fsp3) is 0.611. The summed E-state index contributed by atoms with van der Waals surface area (Å²) in [7, 11) is 0. The van der Waals surface area contributed by atoms with Gasteiger partial charge in [-0.05, 0) is 71.4 Å². The number of fused-ring (bicyclic) bond motifs is 1. The Morgan fingerprint density at radius 3 is 2.45 bits per heavy atom. The molecule has 2 heteroatoms. The monoisotopic (exact) mass is 382 g/mol. The molecule has 0 radical (unpaired) electrons. The summed E-state index contributed by atoms with van der Waals surface area (Å²) in [6.45, 7) is 0. The molecule has 1 aromatic carbocycles. The van der Waals surface area contributed by atoms with Crippen LogP contribution in [0.3, 0.4) is 0 Å². The molecular weight excluding hydrogens is 359 g/mol. The number of Topliss-reactive ketones (excluding diaryl/α,β-unsaturated/α-hetero) is 1. The van der Waals surface area contributed by atoms with Gasteiger partial charge in [0.1, 0.15) is 5.78 Å². The first-order valence-corrected chi connectivity index (χ1v) is 9.07. The zero-order chi connectivity index (χ0) is 13.9. The van der Waals surface area contributed by atoms with Gasteiger partial charge in [0, 0.05) is 15.9 Å². The van der Waals surface area contributed by atoms with Crippen molar-refractivity contribution >= 4 is 28.4 Å². The van der Waals surface area contributed by atoms with E-state index in [1.165, 1.54) is 47.7 Å². The maximum atomic E-state index is 12.5. The van der Waals surface area contributed by atoms with Gasteiger partial charge in [0.15, 0.2) is 0 Å². The Kier molecular flexibility index (Phi) is 4.79. The number of rotatable bonds is 3. The second kappa shape index (κ2) is 6.59. The van der Waals surface area contributed by atoms with Gasteiger partial charge in [-0.15, -0.1) is 0 Å². The highest BCUT2D eigenvalue weighted by Gasteiger charge is 2.34. The molecule has 0 amide bonds. The third-order valence-corrected chi connectivity index (χ3v) is 6.01. The van der Waals surface area contributed by atoms with Crippen molar-refractivity contribution in [2.75, 3.05) is 0 Å². The van der Waals surface area contributed by atoms with Crippen LogP contribution in [0.25, 0.3) is 0 Å². The summed E-state index contributed by atoms with van der Waals surface area (Å²) >= 11 is 2.31. The van der Waals surface area contributed by atoms with E-state index in [0.29, 0.717) is 18.1 Å². The van der Waals surface area contributed by atoms with Gasteiger partial charge in [0.25, 0.3) is 0 Å². The maximum Gasteiger partial charge on any atom is 0.140 e. The molecule has 0 N–H and O–H groups in total. The predicted molar refractivity (Wildman–Crippen MR) is 90.7 cm³/mol. The lowest BCUT2D eigenvalue weighted by Crippen LogP contribution is -2.31. The third-order valence-electron chi connectivity index (χ3n) is 5.29. The maximum absolute atomic E-state index is 12.5. The summed E-state index contributed by atoms with van der Waals surface area (Å²) in [5.41, 5.74) is 1.18. The molecule has 2 aliphatic rings. The van der Waals surface area contributed by atoms with E-state index in [-0.39, 0.29) is 0 Å². The van der Waals surface area contributed by atoms with Crippen molar-refractivity contribution in [1.82, 2.24) is 0 Å². The molecule has 2 aliphatic carbocycles. The van der Waals surface area contributed by atoms with Crippen LogP contribution < -0.4 is 0 Å². The van der Waals surface area contributed by atoms with Crippen molar-refractivity contribution in [3.63, 3.8) is 0 Å². The molecular formula is C18H23IO. The van der Waals surface area contributed by atoms with E-state index in [0.717, 1.165) is 18.3 Å². The molecule has 2 fully saturated rings. The van der Waals surface area contributed by atoms with Gasteiger partial charge in [-0.1, -0.05) is 37.8 Å². The van der Waals surface area contributed by atoms with Crippen molar-refractivity contribution in [3.05, 3.63) is 33.4 Å². The highest BCUT2D eigenvalue weighted by molar-refractivity contribution is 14.1. The Morgan fingerprint density at radius 1 is 1.00 bits per heavy atom. The number of carbonyl (C=O) groups is 1. The van der Waals surface area contributed by atoms with Crippen molar-refractivity contribution in [3.8, 4) is 0 Å². The van der Waals surface area contributed by atoms with Crippen molar-refractivity contribution in [1.29, 1.82) is 0 Å². The van der Waals surface area contributed by atoms with Gasteiger partial charge in [-0.25, -0.2) is 0 Å². The fourth-order valence-corrected chi connectivity index (χ4v) is 4.47. The number of carbonyl (C=O) groups excluding carboxylic acids is 1. The lowest BCUT2D eigenvalue weighted by molar-refractivity contribution is -0.124. The van der Waals surface area contributed by atoms with Crippen molar-refractivity contribution < 1.29 is 4.79 Å². The summed E-state index contributed by atoms with van der Waals surface area (Å²) in [6.07, 6.45) is 9.85. The SMILES string of the molecule is O=C(Cc1ccc(I)cc1)C1CCC2CCCCC2C1. The first kappa shape index (κ1) is 14.6. The molecule has 3 atom stereocenters. The van der Waals surface area contributed by atoms with Crippen molar-refractivity contribution in [2.45, 2.75) is 51.4 Å². The van der Waals surface area contributed by atoms with Crippen LogP contribution >= 0.6 is 22.6 Å². The molecule has 1 aromatic rings. The lowest BCUT2D eigenvalue weighted by Gasteiger charge is -2.38. The molecule has 0 spiro atoms. The standard InChI is InChI=1S/C18H23IO/c19-17-9-5-13(6-10-17)11-18(20)16-8-7-14-3-1-2-4-15(14)12-16/h5-6,9-10,14-16H,1-4,7-8,11-12H2. The smallest absolute Gasteiger partial charge is 0.140 e. The van der Waals surface area contributed by atoms with E-state index in [9.17, 15) is 4.79 Å². The second-order valence-electron chi connectivity index (χ2n) is 6.58. The lowest BCUT2D eigenvalue weighted by atomic mass is 9.66. The third kappa shape index (κ3) is 3.44. The van der Waals surface area contributed by atoms with Crippen LogP contribution in [0.15, 0.2) is 24.3 Å². The average molecular weight is 382 g/mol. The molecule has 1 nitrogen and oxygen atoms in total. The zero-order valence-electron chi connectivity index (χ0n) is 12.0. The fourth-order valence-electron chi connectivity index (χ4n) is 4.11. The largest absolute Gasteiger partial charge is 0.299 e. The molecule has 108 valence electrons. The first-order chi connectivity index (χ1) is 9.72. The minimum absolute atomic E-state index is 0.341. The van der Waals surface area contributed by atoms with E-state index < -0.39 is 0 Å². The van der Waals surface area contributed by atoms with Gasteiger partial charge in [0.2, 0.25) is 0 Å². The summed E-state index contributed by atoms with van der Waals surface area (Å²) in [5, 5.41) is 0. The van der Waals surface area contributed by atoms with Gasteiger partial charge >= 0.3 is 0 Å². The van der Waals surface area contributed by atoms with Gasteiger partial charge in [-0.3, -0.25) is 4.79 Å². The van der Waals surface area contributed by atoms with Crippen LogP contribution in [0.5, 0.6) is 0 Å². The van der Waals surface area contributed by atoms with Crippen molar-refractivity contribution in [2.24, 2.45) is 17.8 Å². The van der Waals surface area contributed by atoms with Crippen LogP contribution in [0.2, 0.25) is 0 Å². The van der Waals surface area contributed by atoms with E-state index in [4.69, 9.17) is 0 Å². The highest BCUT2D eigenvalue weighted by atomic mass is 127. The summed E-state index contributed by atoms with van der Waals surface area (Å²) in [6, 6.07) is 8.40. The molecule has 0 bridgehead atoms. The van der Waals surface area contributed by atoms with Gasteiger partial charge < -0.3 is 0 Å². The Hall–Kier alpha value is -0.380. The Labute approximate surface area is 135 Å². The number of ketones is 1. The number of halogens is 1. The predicted octanol–water partition coefficient (Wildman–Crippen LogP) is 5.01. The van der Waals surface area contributed by atoms with Crippen LogP contribution in [0, 0.1) is 21.3 Å². The molecule has 0 aromatic heterocycles. The minimum Gasteiger partial charge on any atom is -0.299 e. The number of benzene rings is 1. The average Bonchev–Trinajstić information content (AvgIpc) is 2.49. The minimum atomic E-state index is 0.341. The van der Waals surface area contributed by atoms with Crippen LogP contribution in [0.4, 0.5) is 0 Å². The Balaban J connectivity index is 1.58. The van der Waals surface area contributed by atoms with E-state index in [1.54, 1.807) is 0 Å². The first-order valence-electron chi connectivity index (χ1n) is 7.99. The van der Waals surface area contributed by atoms with E-state index >= 15 is 0 Å².